The molecule has 0 unspecified atom stereocenters. The molecule has 2 aliphatic rings. The third kappa shape index (κ3) is 3.64. The molecule has 0 bridgehead atoms. The van der Waals surface area contributed by atoms with Crippen LogP contribution in [0.1, 0.15) is 10.4 Å². The molecule has 4 rings (SSSR count). The largest absolute Gasteiger partial charge is 0.472 e. The minimum absolute atomic E-state index is 0.0596. The molecule has 2 aromatic carbocycles. The number of hydrogen-bond donors (Lipinski definition) is 0. The van der Waals surface area contributed by atoms with Gasteiger partial charge in [-0.2, -0.15) is 0 Å². The van der Waals surface area contributed by atoms with Crippen molar-refractivity contribution < 1.29 is 9.53 Å². The second kappa shape index (κ2) is 7.56. The van der Waals surface area contributed by atoms with Gasteiger partial charge in [0.1, 0.15) is 5.75 Å². The monoisotopic (exact) mass is 371 g/mol. The van der Waals surface area contributed by atoms with E-state index >= 15 is 0 Å². The van der Waals surface area contributed by atoms with Gasteiger partial charge in [0.2, 0.25) is 0 Å². The zero-order chi connectivity index (χ0) is 17.9. The molecule has 5 nitrogen and oxygen atoms in total. The first kappa shape index (κ1) is 17.2. The number of nitrogens with zero attached hydrogens (tertiary/aromatic N) is 3. The minimum Gasteiger partial charge on any atom is -0.472 e. The van der Waals surface area contributed by atoms with E-state index in [1.165, 1.54) is 5.69 Å². The molecule has 2 heterocycles. The lowest BCUT2D eigenvalue weighted by molar-refractivity contribution is 0.0488. The van der Waals surface area contributed by atoms with E-state index < -0.39 is 0 Å². The Kier molecular flexibility index (Phi) is 5.00. The van der Waals surface area contributed by atoms with E-state index in [2.05, 4.69) is 15.9 Å². The van der Waals surface area contributed by atoms with Crippen LogP contribution in [0, 0.1) is 0 Å². The Morgan fingerprint density at radius 2 is 1.77 bits per heavy atom. The van der Waals surface area contributed by atoms with Gasteiger partial charge in [0.25, 0.3) is 5.91 Å². The van der Waals surface area contributed by atoms with Crippen molar-refractivity contribution in [1.29, 1.82) is 0 Å². The molecular formula is C20H22ClN3O2. The lowest BCUT2D eigenvalue weighted by Gasteiger charge is -2.37. The molecule has 0 radical (unpaired) electrons. The molecule has 0 atom stereocenters. The van der Waals surface area contributed by atoms with Crippen LogP contribution in [0.15, 0.2) is 48.5 Å². The number of benzene rings is 2. The molecule has 0 aliphatic carbocycles. The van der Waals surface area contributed by atoms with Gasteiger partial charge >= 0.3 is 0 Å². The lowest BCUT2D eigenvalue weighted by Crippen LogP contribution is -2.50. The molecule has 26 heavy (non-hydrogen) atoms. The Balaban J connectivity index is 1.28. The van der Waals surface area contributed by atoms with Gasteiger partial charge in [-0.25, -0.2) is 0 Å². The number of hydrogen-bond acceptors (Lipinski definition) is 4. The molecule has 2 aromatic rings. The van der Waals surface area contributed by atoms with Gasteiger partial charge in [-0.3, -0.25) is 9.69 Å². The zero-order valence-corrected chi connectivity index (χ0v) is 15.4. The highest BCUT2D eigenvalue weighted by molar-refractivity contribution is 6.30. The number of anilines is 1. The smallest absolute Gasteiger partial charge is 0.260 e. The van der Waals surface area contributed by atoms with Crippen molar-refractivity contribution in [3.8, 4) is 5.75 Å². The molecule has 1 fully saturated rings. The molecule has 1 amide bonds. The number of carbonyl (C=O) groups excluding carboxylic acids is 1. The number of halogens is 1. The van der Waals surface area contributed by atoms with Gasteiger partial charge in [0.15, 0.2) is 6.73 Å². The average Bonchev–Trinajstić information content (AvgIpc) is 2.68. The van der Waals surface area contributed by atoms with Crippen LogP contribution in [0.25, 0.3) is 0 Å². The summed E-state index contributed by atoms with van der Waals surface area (Å²) in [6, 6.07) is 15.4. The van der Waals surface area contributed by atoms with Crippen molar-refractivity contribution in [3.05, 3.63) is 59.1 Å². The Morgan fingerprint density at radius 3 is 2.58 bits per heavy atom. The highest BCUT2D eigenvalue weighted by atomic mass is 35.5. The van der Waals surface area contributed by atoms with E-state index in [-0.39, 0.29) is 5.91 Å². The van der Waals surface area contributed by atoms with Crippen molar-refractivity contribution in [1.82, 2.24) is 9.80 Å². The molecule has 0 N–H and O–H groups in total. The number of fused-ring (bicyclic) bond motifs is 1. The average molecular weight is 372 g/mol. The number of amides is 1. The van der Waals surface area contributed by atoms with Crippen LogP contribution in [0.5, 0.6) is 5.75 Å². The van der Waals surface area contributed by atoms with E-state index in [0.29, 0.717) is 24.6 Å². The van der Waals surface area contributed by atoms with Crippen LogP contribution in [0.3, 0.4) is 0 Å². The summed E-state index contributed by atoms with van der Waals surface area (Å²) < 4.78 is 5.70. The molecular weight excluding hydrogens is 350 g/mol. The van der Waals surface area contributed by atoms with Crippen LogP contribution in [0.4, 0.5) is 5.69 Å². The summed E-state index contributed by atoms with van der Waals surface area (Å²) in [5.74, 6) is 0.744. The molecule has 0 aromatic heterocycles. The summed E-state index contributed by atoms with van der Waals surface area (Å²) in [5, 5.41) is 0.772. The fraction of sp³-hybridized carbons (Fsp3) is 0.350. The SMILES string of the molecule is O=C1c2ccccc2OCN1CCN1CCN(c2cccc(Cl)c2)CC1. The van der Waals surface area contributed by atoms with E-state index in [0.717, 1.165) is 37.7 Å². The van der Waals surface area contributed by atoms with Gasteiger partial charge in [-0.05, 0) is 30.3 Å². The Hall–Kier alpha value is -2.24. The third-order valence-corrected chi connectivity index (χ3v) is 5.25. The van der Waals surface area contributed by atoms with E-state index in [9.17, 15) is 4.79 Å². The summed E-state index contributed by atoms with van der Waals surface area (Å²) >= 11 is 6.09. The van der Waals surface area contributed by atoms with Gasteiger partial charge in [0, 0.05) is 50.0 Å². The summed E-state index contributed by atoms with van der Waals surface area (Å²) in [6.07, 6.45) is 0. The highest BCUT2D eigenvalue weighted by Gasteiger charge is 2.26. The summed E-state index contributed by atoms with van der Waals surface area (Å²) in [4.78, 5) is 19.1. The maximum absolute atomic E-state index is 12.6. The quantitative estimate of drug-likeness (QED) is 0.828. The predicted molar refractivity (Wildman–Crippen MR) is 103 cm³/mol. The second-order valence-electron chi connectivity index (χ2n) is 6.65. The maximum Gasteiger partial charge on any atom is 0.260 e. The normalized spacial score (nSPS) is 17.8. The maximum atomic E-state index is 12.6. The van der Waals surface area contributed by atoms with Gasteiger partial charge in [-0.1, -0.05) is 29.8 Å². The van der Waals surface area contributed by atoms with Gasteiger partial charge in [-0.15, -0.1) is 0 Å². The van der Waals surface area contributed by atoms with Crippen LogP contribution in [0.2, 0.25) is 5.02 Å². The highest BCUT2D eigenvalue weighted by Crippen LogP contribution is 2.24. The molecule has 6 heteroatoms. The van der Waals surface area contributed by atoms with Crippen LogP contribution < -0.4 is 9.64 Å². The second-order valence-corrected chi connectivity index (χ2v) is 7.08. The number of piperazine rings is 1. The summed E-state index contributed by atoms with van der Waals surface area (Å²) in [5.41, 5.74) is 1.83. The zero-order valence-electron chi connectivity index (χ0n) is 14.6. The minimum atomic E-state index is 0.0596. The van der Waals surface area contributed by atoms with Crippen LogP contribution >= 0.6 is 11.6 Å². The number of ether oxygens (including phenoxy) is 1. The van der Waals surface area contributed by atoms with Crippen LogP contribution in [-0.4, -0.2) is 61.7 Å². The fourth-order valence-electron chi connectivity index (χ4n) is 3.48. The lowest BCUT2D eigenvalue weighted by atomic mass is 10.1. The van der Waals surface area contributed by atoms with E-state index in [1.54, 1.807) is 4.90 Å². The Morgan fingerprint density at radius 1 is 0.962 bits per heavy atom. The fourth-order valence-corrected chi connectivity index (χ4v) is 3.66. The first-order valence-electron chi connectivity index (χ1n) is 8.95. The van der Waals surface area contributed by atoms with Gasteiger partial charge < -0.3 is 14.5 Å². The van der Waals surface area contributed by atoms with Crippen molar-refractivity contribution in [2.24, 2.45) is 0 Å². The van der Waals surface area contributed by atoms with E-state index in [4.69, 9.17) is 16.3 Å². The summed E-state index contributed by atoms with van der Waals surface area (Å²) in [6.45, 7) is 5.77. The molecule has 0 saturated carbocycles. The molecule has 136 valence electrons. The van der Waals surface area contributed by atoms with Crippen LogP contribution in [-0.2, 0) is 0 Å². The third-order valence-electron chi connectivity index (χ3n) is 5.01. The first-order chi connectivity index (χ1) is 12.7. The topological polar surface area (TPSA) is 36.0 Å². The molecule has 1 saturated heterocycles. The molecule has 0 spiro atoms. The number of carbonyl (C=O) groups is 1. The van der Waals surface area contributed by atoms with Crippen molar-refractivity contribution in [2.75, 3.05) is 50.9 Å². The predicted octanol–water partition coefficient (Wildman–Crippen LogP) is 2.95. The number of rotatable bonds is 4. The Labute approximate surface area is 158 Å². The van der Waals surface area contributed by atoms with Crippen molar-refractivity contribution >= 4 is 23.2 Å². The Bertz CT molecular complexity index is 790. The standard InChI is InChI=1S/C20H22ClN3O2/c21-16-4-3-5-17(14-16)23-11-8-22(9-12-23)10-13-24-15-26-19-7-2-1-6-18(19)20(24)25/h1-7,14H,8-13,15H2. The van der Waals surface area contributed by atoms with E-state index in [1.807, 2.05) is 42.5 Å². The van der Waals surface area contributed by atoms with Crippen molar-refractivity contribution in [3.63, 3.8) is 0 Å². The van der Waals surface area contributed by atoms with Gasteiger partial charge in [0.05, 0.1) is 5.56 Å². The molecule has 2 aliphatic heterocycles. The summed E-state index contributed by atoms with van der Waals surface area (Å²) in [7, 11) is 0. The first-order valence-corrected chi connectivity index (χ1v) is 9.32. The van der Waals surface area contributed by atoms with Crippen molar-refractivity contribution in [2.45, 2.75) is 0 Å². The number of para-hydroxylation sites is 1.